The lowest BCUT2D eigenvalue weighted by Crippen LogP contribution is -2.29. The molecule has 0 saturated carbocycles. The van der Waals surface area contributed by atoms with Crippen LogP contribution in [0.3, 0.4) is 0 Å². The number of aliphatic hydroxyl groups is 1. The molecule has 2 aromatic carbocycles. The van der Waals surface area contributed by atoms with Gasteiger partial charge in [0.15, 0.2) is 0 Å². The van der Waals surface area contributed by atoms with Crippen LogP contribution in [0.15, 0.2) is 36.4 Å². The lowest BCUT2D eigenvalue weighted by atomic mass is 9.91. The van der Waals surface area contributed by atoms with Crippen LogP contribution in [-0.2, 0) is 15.6 Å². The van der Waals surface area contributed by atoms with Gasteiger partial charge in [0.2, 0.25) is 6.29 Å². The molecule has 11 heteroatoms. The van der Waals surface area contributed by atoms with Crippen LogP contribution in [0.4, 0.5) is 30.7 Å². The van der Waals surface area contributed by atoms with Crippen LogP contribution in [0.2, 0.25) is 0 Å². The van der Waals surface area contributed by atoms with Crippen LogP contribution in [0.1, 0.15) is 61.7 Å². The van der Waals surface area contributed by atoms with Crippen molar-refractivity contribution in [2.24, 2.45) is 5.92 Å². The molecule has 1 heterocycles. The second-order valence-electron chi connectivity index (χ2n) is 8.02. The number of rotatable bonds is 8. The predicted octanol–water partition coefficient (Wildman–Crippen LogP) is 6.89. The van der Waals surface area contributed by atoms with Gasteiger partial charge in [-0.3, -0.25) is 0 Å². The number of hydrogen-bond donors (Lipinski definition) is 1. The normalized spacial score (nSPS) is 20.3. The van der Waals surface area contributed by atoms with E-state index < -0.39 is 41.7 Å². The molecule has 1 aliphatic rings. The molecule has 3 unspecified atom stereocenters. The zero-order valence-corrected chi connectivity index (χ0v) is 18.0. The van der Waals surface area contributed by atoms with Gasteiger partial charge in [-0.2, -0.15) is 8.78 Å². The van der Waals surface area contributed by atoms with Crippen molar-refractivity contribution in [1.29, 1.82) is 0 Å². The topological polar surface area (TPSA) is 47.9 Å². The van der Waals surface area contributed by atoms with E-state index in [1.54, 1.807) is 12.1 Å². The van der Waals surface area contributed by atoms with E-state index in [0.29, 0.717) is 12.5 Å². The number of alkyl halides is 5. The average molecular weight is 496 g/mol. The minimum Gasteiger partial charge on any atom is -0.461 e. The summed E-state index contributed by atoms with van der Waals surface area (Å²) in [5.41, 5.74) is -1.16. The van der Waals surface area contributed by atoms with E-state index in [0.717, 1.165) is 31.2 Å². The quantitative estimate of drug-likeness (QED) is 0.320. The number of aliphatic hydroxyl groups excluding tert-OH is 1. The summed E-state index contributed by atoms with van der Waals surface area (Å²) >= 11 is 0. The summed E-state index contributed by atoms with van der Waals surface area (Å²) in [7, 11) is 0. The Balaban J connectivity index is 1.67. The summed E-state index contributed by atoms with van der Waals surface area (Å²) in [6, 6.07) is 6.87. The molecule has 2 aromatic rings. The molecule has 34 heavy (non-hydrogen) atoms. The van der Waals surface area contributed by atoms with E-state index in [9.17, 15) is 35.8 Å². The monoisotopic (exact) mass is 496 g/mol. The van der Waals surface area contributed by atoms with Gasteiger partial charge in [0, 0.05) is 17.7 Å². The SMILES string of the molecule is CCCC1CCC(c2ccc(C(O)Oc3cc(F)c(C(F)(F)OC(F)(F)F)c(F)c3)cc2)OC1. The van der Waals surface area contributed by atoms with Gasteiger partial charge in [-0.05, 0) is 30.7 Å². The lowest BCUT2D eigenvalue weighted by Gasteiger charge is -2.29. The molecule has 0 amide bonds. The van der Waals surface area contributed by atoms with Crippen molar-refractivity contribution < 1.29 is 50.1 Å². The highest BCUT2D eigenvalue weighted by Crippen LogP contribution is 2.40. The molecule has 1 aliphatic heterocycles. The fourth-order valence-corrected chi connectivity index (χ4v) is 3.87. The van der Waals surface area contributed by atoms with Crippen molar-refractivity contribution in [1.82, 2.24) is 0 Å². The summed E-state index contributed by atoms with van der Waals surface area (Å²) in [4.78, 5) is 0. The molecular weight excluding hydrogens is 473 g/mol. The van der Waals surface area contributed by atoms with Gasteiger partial charge in [0.25, 0.3) is 0 Å². The second-order valence-corrected chi connectivity index (χ2v) is 8.02. The van der Waals surface area contributed by atoms with Gasteiger partial charge in [-0.1, -0.05) is 37.6 Å². The Labute approximate surface area is 191 Å². The van der Waals surface area contributed by atoms with E-state index in [1.165, 1.54) is 12.1 Å². The van der Waals surface area contributed by atoms with Gasteiger partial charge in [-0.15, -0.1) is 13.2 Å². The summed E-state index contributed by atoms with van der Waals surface area (Å²) in [5.74, 6) is -4.26. The molecule has 0 bridgehead atoms. The molecule has 1 fully saturated rings. The van der Waals surface area contributed by atoms with Gasteiger partial charge in [0.1, 0.15) is 22.9 Å². The fourth-order valence-electron chi connectivity index (χ4n) is 3.87. The van der Waals surface area contributed by atoms with Crippen molar-refractivity contribution in [3.63, 3.8) is 0 Å². The van der Waals surface area contributed by atoms with Crippen LogP contribution < -0.4 is 4.74 Å². The van der Waals surface area contributed by atoms with Gasteiger partial charge in [-0.25, -0.2) is 13.5 Å². The molecule has 1 N–H and O–H groups in total. The first-order valence-corrected chi connectivity index (χ1v) is 10.6. The molecule has 0 aliphatic carbocycles. The minimum atomic E-state index is -5.83. The molecule has 0 aromatic heterocycles. The third-order valence-corrected chi connectivity index (χ3v) is 5.46. The molecule has 188 valence electrons. The van der Waals surface area contributed by atoms with Crippen molar-refractivity contribution in [3.8, 4) is 5.75 Å². The number of hydrogen-bond acceptors (Lipinski definition) is 4. The van der Waals surface area contributed by atoms with Crippen LogP contribution in [-0.4, -0.2) is 18.1 Å². The summed E-state index contributed by atoms with van der Waals surface area (Å²) < 4.78 is 105. The van der Waals surface area contributed by atoms with Crippen LogP contribution >= 0.6 is 0 Å². The molecule has 1 saturated heterocycles. The molecule has 0 spiro atoms. The molecule has 3 rings (SSSR count). The van der Waals surface area contributed by atoms with Crippen molar-refractivity contribution in [2.45, 2.75) is 57.5 Å². The number of halogens is 7. The van der Waals surface area contributed by atoms with Crippen LogP contribution in [0.5, 0.6) is 5.75 Å². The average Bonchev–Trinajstić information content (AvgIpc) is 2.72. The zero-order chi connectivity index (χ0) is 25.1. The van der Waals surface area contributed by atoms with Crippen LogP contribution in [0.25, 0.3) is 0 Å². The van der Waals surface area contributed by atoms with Gasteiger partial charge < -0.3 is 14.6 Å². The second kappa shape index (κ2) is 10.5. The Morgan fingerprint density at radius 2 is 1.65 bits per heavy atom. The Morgan fingerprint density at radius 1 is 1.03 bits per heavy atom. The first kappa shape index (κ1) is 26.2. The molecule has 3 atom stereocenters. The maximum absolute atomic E-state index is 14.0. The van der Waals surface area contributed by atoms with Crippen molar-refractivity contribution in [2.75, 3.05) is 6.61 Å². The maximum Gasteiger partial charge on any atom is 0.527 e. The van der Waals surface area contributed by atoms with Gasteiger partial charge in [0.05, 0.1) is 12.7 Å². The smallest absolute Gasteiger partial charge is 0.461 e. The maximum atomic E-state index is 14.0. The Bertz CT molecular complexity index is 932. The first-order valence-electron chi connectivity index (χ1n) is 10.6. The standard InChI is InChI=1S/C23H23F7O4/c1-2-3-13-4-9-19(32-12-13)14-5-7-15(8-6-14)21(31)33-16-10-17(24)20(18(25)11-16)22(26,27)34-23(28,29)30/h5-8,10-11,13,19,21,31H,2-4,9,12H2,1H3. The first-order chi connectivity index (χ1) is 15.9. The predicted molar refractivity (Wildman–Crippen MR) is 106 cm³/mol. The van der Waals surface area contributed by atoms with E-state index in [2.05, 4.69) is 11.7 Å². The Hall–Kier alpha value is -2.37. The fraction of sp³-hybridized carbons (Fsp3) is 0.478. The van der Waals surface area contributed by atoms with E-state index >= 15 is 0 Å². The van der Waals surface area contributed by atoms with Crippen LogP contribution in [0, 0.1) is 17.6 Å². The number of ether oxygens (including phenoxy) is 3. The van der Waals surface area contributed by atoms with E-state index in [1.807, 2.05) is 0 Å². The van der Waals surface area contributed by atoms with Crippen molar-refractivity contribution in [3.05, 3.63) is 64.7 Å². The van der Waals surface area contributed by atoms with E-state index in [4.69, 9.17) is 9.47 Å². The lowest BCUT2D eigenvalue weighted by molar-refractivity contribution is -0.432. The molecular formula is C23H23F7O4. The highest BCUT2D eigenvalue weighted by atomic mass is 19.4. The number of benzene rings is 2. The Morgan fingerprint density at radius 3 is 2.15 bits per heavy atom. The zero-order valence-electron chi connectivity index (χ0n) is 18.0. The highest BCUT2D eigenvalue weighted by Gasteiger charge is 2.49. The van der Waals surface area contributed by atoms with Gasteiger partial charge >= 0.3 is 12.5 Å². The van der Waals surface area contributed by atoms with Crippen molar-refractivity contribution >= 4 is 0 Å². The third kappa shape index (κ3) is 6.61. The summed E-state index contributed by atoms with van der Waals surface area (Å²) in [5, 5.41) is 10.2. The largest absolute Gasteiger partial charge is 0.527 e. The minimum absolute atomic E-state index is 0.100. The summed E-state index contributed by atoms with van der Waals surface area (Å²) in [6.07, 6.45) is -8.90. The third-order valence-electron chi connectivity index (χ3n) is 5.46. The molecule has 0 radical (unpaired) electrons. The van der Waals surface area contributed by atoms with E-state index in [-0.39, 0.29) is 23.8 Å². The molecule has 4 nitrogen and oxygen atoms in total. The highest BCUT2D eigenvalue weighted by molar-refractivity contribution is 5.33. The summed E-state index contributed by atoms with van der Waals surface area (Å²) in [6.45, 7) is 2.78. The Kier molecular flexibility index (Phi) is 8.10.